The third kappa shape index (κ3) is 5.74. The summed E-state index contributed by atoms with van der Waals surface area (Å²) in [5, 5.41) is 23.3. The maximum atomic E-state index is 12.4. The second-order valence-corrected chi connectivity index (χ2v) is 5.91. The van der Waals surface area contributed by atoms with E-state index in [4.69, 9.17) is 20.5 Å². The second kappa shape index (κ2) is 8.99. The van der Waals surface area contributed by atoms with Gasteiger partial charge in [-0.25, -0.2) is 4.79 Å². The van der Waals surface area contributed by atoms with Gasteiger partial charge in [0.2, 0.25) is 0 Å². The highest BCUT2D eigenvalue weighted by molar-refractivity contribution is 6.04. The van der Waals surface area contributed by atoms with Crippen molar-refractivity contribution in [1.82, 2.24) is 5.16 Å². The molecule has 1 heterocycles. The fourth-order valence-electron chi connectivity index (χ4n) is 2.18. The molecule has 0 aliphatic rings. The standard InChI is InChI=1S/C12H9F3N2O2.C7H7NO3/c1-7-10(6-16-19-7)11(18)17-9-4-2-8(3-5-9)12(13,14)15;8-4-1-2-6(9)5(3-4)7(10)11/h2-6H,1H3,(H,17,18);1-3,9H,8H2,(H,10,11). The summed E-state index contributed by atoms with van der Waals surface area (Å²) in [7, 11) is 0. The Balaban J connectivity index is 0.000000248. The molecule has 8 nitrogen and oxygen atoms in total. The summed E-state index contributed by atoms with van der Waals surface area (Å²) < 4.78 is 41.8. The first-order valence-electron chi connectivity index (χ1n) is 8.20. The van der Waals surface area contributed by atoms with Crippen LogP contribution in [0.1, 0.15) is 32.0 Å². The van der Waals surface area contributed by atoms with E-state index >= 15 is 0 Å². The second-order valence-electron chi connectivity index (χ2n) is 5.91. The highest BCUT2D eigenvalue weighted by Gasteiger charge is 2.30. The van der Waals surface area contributed by atoms with Crippen LogP contribution >= 0.6 is 0 Å². The van der Waals surface area contributed by atoms with Gasteiger partial charge in [0.1, 0.15) is 22.6 Å². The molecule has 5 N–H and O–H groups in total. The number of carboxylic acid groups (broad SMARTS) is 1. The van der Waals surface area contributed by atoms with Crippen LogP contribution < -0.4 is 11.1 Å². The number of carbonyl (C=O) groups is 2. The molecular formula is C19H16F3N3O5. The molecule has 0 spiro atoms. The number of anilines is 2. The zero-order chi connectivity index (χ0) is 22.5. The van der Waals surface area contributed by atoms with E-state index in [1.807, 2.05) is 0 Å². The number of amides is 1. The molecule has 2 aromatic carbocycles. The molecule has 11 heteroatoms. The minimum Gasteiger partial charge on any atom is -0.507 e. The van der Waals surface area contributed by atoms with Gasteiger partial charge in [-0.2, -0.15) is 13.2 Å². The van der Waals surface area contributed by atoms with Crippen LogP contribution in [0.15, 0.2) is 53.2 Å². The Bertz CT molecular complexity index is 1050. The van der Waals surface area contributed by atoms with Crippen LogP contribution in [0, 0.1) is 6.92 Å². The first-order valence-corrected chi connectivity index (χ1v) is 8.20. The Labute approximate surface area is 167 Å². The summed E-state index contributed by atoms with van der Waals surface area (Å²) in [4.78, 5) is 22.1. The topological polar surface area (TPSA) is 139 Å². The molecule has 158 valence electrons. The van der Waals surface area contributed by atoms with E-state index in [0.29, 0.717) is 11.4 Å². The highest BCUT2D eigenvalue weighted by Crippen LogP contribution is 2.29. The van der Waals surface area contributed by atoms with E-state index in [2.05, 4.69) is 10.5 Å². The van der Waals surface area contributed by atoms with Crippen molar-refractivity contribution >= 4 is 23.3 Å². The lowest BCUT2D eigenvalue weighted by molar-refractivity contribution is -0.137. The number of nitrogen functional groups attached to an aromatic ring is 1. The Kier molecular flexibility index (Phi) is 6.67. The van der Waals surface area contributed by atoms with Crippen molar-refractivity contribution in [3.8, 4) is 5.75 Å². The van der Waals surface area contributed by atoms with Gasteiger partial charge in [-0.15, -0.1) is 0 Å². The fraction of sp³-hybridized carbons (Fsp3) is 0.105. The lowest BCUT2D eigenvalue weighted by Crippen LogP contribution is -2.12. The number of nitrogens with zero attached hydrogens (tertiary/aromatic N) is 1. The Hall–Kier alpha value is -4.02. The van der Waals surface area contributed by atoms with Crippen LogP contribution in [-0.2, 0) is 6.18 Å². The zero-order valence-corrected chi connectivity index (χ0v) is 15.4. The molecule has 0 atom stereocenters. The first-order chi connectivity index (χ1) is 14.0. The van der Waals surface area contributed by atoms with Crippen molar-refractivity contribution in [3.63, 3.8) is 0 Å². The molecule has 3 rings (SSSR count). The molecule has 3 aromatic rings. The number of hydrogen-bond donors (Lipinski definition) is 4. The predicted molar refractivity (Wildman–Crippen MR) is 100 cm³/mol. The smallest absolute Gasteiger partial charge is 0.416 e. The van der Waals surface area contributed by atoms with E-state index in [-0.39, 0.29) is 22.6 Å². The molecule has 30 heavy (non-hydrogen) atoms. The van der Waals surface area contributed by atoms with Crippen LogP contribution in [0.3, 0.4) is 0 Å². The summed E-state index contributed by atoms with van der Waals surface area (Å²) in [6.07, 6.45) is -3.15. The van der Waals surface area contributed by atoms with Gasteiger partial charge in [-0.1, -0.05) is 5.16 Å². The van der Waals surface area contributed by atoms with Crippen molar-refractivity contribution in [2.24, 2.45) is 0 Å². The van der Waals surface area contributed by atoms with Crippen LogP contribution in [-0.4, -0.2) is 27.2 Å². The van der Waals surface area contributed by atoms with Gasteiger partial charge in [0, 0.05) is 11.4 Å². The molecule has 1 amide bonds. The average Bonchev–Trinajstić information content (AvgIpc) is 3.10. The van der Waals surface area contributed by atoms with Crippen LogP contribution in [0.4, 0.5) is 24.5 Å². The maximum absolute atomic E-state index is 12.4. The number of benzene rings is 2. The van der Waals surface area contributed by atoms with Gasteiger partial charge in [0.15, 0.2) is 0 Å². The Morgan fingerprint density at radius 1 is 1.10 bits per heavy atom. The lowest BCUT2D eigenvalue weighted by Gasteiger charge is -2.08. The molecule has 1 aromatic heterocycles. The van der Waals surface area contributed by atoms with E-state index < -0.39 is 23.6 Å². The number of aromatic hydroxyl groups is 1. The summed E-state index contributed by atoms with van der Waals surface area (Å²) in [6.45, 7) is 1.56. The normalized spacial score (nSPS) is 10.7. The van der Waals surface area contributed by atoms with Crippen LogP contribution in [0.25, 0.3) is 0 Å². The average molecular weight is 423 g/mol. The molecule has 0 fully saturated rings. The van der Waals surface area contributed by atoms with Crippen molar-refractivity contribution < 1.29 is 37.5 Å². The van der Waals surface area contributed by atoms with Crippen LogP contribution in [0.5, 0.6) is 5.75 Å². The quantitative estimate of drug-likeness (QED) is 0.370. The first kappa shape index (κ1) is 22.3. The summed E-state index contributed by atoms with van der Waals surface area (Å²) in [5.74, 6) is -1.61. The minimum atomic E-state index is -4.40. The van der Waals surface area contributed by atoms with Gasteiger partial charge >= 0.3 is 12.1 Å². The molecule has 0 aliphatic carbocycles. The van der Waals surface area contributed by atoms with Crippen molar-refractivity contribution in [2.75, 3.05) is 11.1 Å². The van der Waals surface area contributed by atoms with Gasteiger partial charge in [0.25, 0.3) is 5.91 Å². The Morgan fingerprint density at radius 3 is 2.20 bits per heavy atom. The van der Waals surface area contributed by atoms with Crippen molar-refractivity contribution in [1.29, 1.82) is 0 Å². The summed E-state index contributed by atoms with van der Waals surface area (Å²) >= 11 is 0. The highest BCUT2D eigenvalue weighted by atomic mass is 19.4. The number of nitrogens with one attached hydrogen (secondary N) is 1. The minimum absolute atomic E-state index is 0.176. The van der Waals surface area contributed by atoms with Gasteiger partial charge in [-0.05, 0) is 49.4 Å². The number of rotatable bonds is 3. The van der Waals surface area contributed by atoms with E-state index in [9.17, 15) is 22.8 Å². The lowest BCUT2D eigenvalue weighted by atomic mass is 10.2. The number of nitrogens with two attached hydrogens (primary N) is 1. The number of aromatic nitrogens is 1. The third-order valence-corrected chi connectivity index (χ3v) is 3.72. The molecule has 0 unspecified atom stereocenters. The van der Waals surface area contributed by atoms with Crippen molar-refractivity contribution in [3.05, 3.63) is 71.1 Å². The molecule has 0 aliphatic heterocycles. The molecular weight excluding hydrogens is 407 g/mol. The zero-order valence-electron chi connectivity index (χ0n) is 15.4. The molecule has 0 saturated carbocycles. The Morgan fingerprint density at radius 2 is 1.73 bits per heavy atom. The van der Waals surface area contributed by atoms with Gasteiger partial charge in [0.05, 0.1) is 11.8 Å². The number of aromatic carboxylic acids is 1. The summed E-state index contributed by atoms with van der Waals surface area (Å²) in [6, 6.07) is 8.05. The number of phenols is 1. The number of carbonyl (C=O) groups excluding carboxylic acids is 1. The van der Waals surface area contributed by atoms with E-state index in [1.165, 1.54) is 36.5 Å². The monoisotopic (exact) mass is 423 g/mol. The van der Waals surface area contributed by atoms with Gasteiger partial charge < -0.3 is 25.8 Å². The van der Waals surface area contributed by atoms with Crippen molar-refractivity contribution in [2.45, 2.75) is 13.1 Å². The molecule has 0 radical (unpaired) electrons. The molecule has 0 saturated heterocycles. The van der Waals surface area contributed by atoms with Crippen LogP contribution in [0.2, 0.25) is 0 Å². The largest absolute Gasteiger partial charge is 0.507 e. The number of carboxylic acids is 1. The number of hydrogen-bond acceptors (Lipinski definition) is 6. The number of halogens is 3. The SMILES string of the molecule is Cc1oncc1C(=O)Nc1ccc(C(F)(F)F)cc1.Nc1ccc(O)c(C(=O)O)c1. The van der Waals surface area contributed by atoms with E-state index in [1.54, 1.807) is 6.92 Å². The predicted octanol–water partition coefficient (Wildman–Crippen LogP) is 3.93. The third-order valence-electron chi connectivity index (χ3n) is 3.72. The number of aryl methyl sites for hydroxylation is 1. The maximum Gasteiger partial charge on any atom is 0.416 e. The van der Waals surface area contributed by atoms with E-state index in [0.717, 1.165) is 12.1 Å². The number of alkyl halides is 3. The van der Waals surface area contributed by atoms with Gasteiger partial charge in [-0.3, -0.25) is 4.79 Å². The summed E-state index contributed by atoms with van der Waals surface area (Å²) in [5.41, 5.74) is 5.16. The molecule has 0 bridgehead atoms. The fourth-order valence-corrected chi connectivity index (χ4v) is 2.18.